The lowest BCUT2D eigenvalue weighted by atomic mass is 10.2. The molecular formula is C10H13NO5S. The number of methoxy groups -OCH3 is 1. The molecule has 2 rings (SSSR count). The van der Waals surface area contributed by atoms with Gasteiger partial charge in [-0.2, -0.15) is 0 Å². The van der Waals surface area contributed by atoms with E-state index >= 15 is 0 Å². The molecule has 0 radical (unpaired) electrons. The van der Waals surface area contributed by atoms with Crippen LogP contribution in [0.15, 0.2) is 12.1 Å². The minimum absolute atomic E-state index is 0.264. The highest BCUT2D eigenvalue weighted by Gasteiger charge is 2.19. The molecule has 6 nitrogen and oxygen atoms in total. The van der Waals surface area contributed by atoms with E-state index < -0.39 is 10.0 Å². The highest BCUT2D eigenvalue weighted by molar-refractivity contribution is 7.88. The SMILES string of the molecule is COc1cc(CS(N)(=O)=O)cc2c1OCCO2. The minimum atomic E-state index is -3.58. The van der Waals surface area contributed by atoms with Gasteiger partial charge in [0.1, 0.15) is 13.2 Å². The molecule has 1 aliphatic heterocycles. The Bertz CT molecular complexity index is 508. The first kappa shape index (κ1) is 12.0. The molecule has 0 amide bonds. The fourth-order valence-corrected chi connectivity index (χ4v) is 2.27. The summed E-state index contributed by atoms with van der Waals surface area (Å²) in [6.45, 7) is 0.868. The van der Waals surface area contributed by atoms with Gasteiger partial charge >= 0.3 is 0 Å². The molecule has 0 unspecified atom stereocenters. The van der Waals surface area contributed by atoms with Gasteiger partial charge in [-0.15, -0.1) is 0 Å². The van der Waals surface area contributed by atoms with E-state index in [-0.39, 0.29) is 5.75 Å². The van der Waals surface area contributed by atoms with E-state index in [9.17, 15) is 8.42 Å². The van der Waals surface area contributed by atoms with Gasteiger partial charge in [0.2, 0.25) is 15.8 Å². The highest BCUT2D eigenvalue weighted by Crippen LogP contribution is 2.40. The Balaban J connectivity index is 2.42. The molecule has 94 valence electrons. The molecule has 1 aromatic carbocycles. The van der Waals surface area contributed by atoms with E-state index in [0.29, 0.717) is 36.0 Å². The Kier molecular flexibility index (Phi) is 3.12. The molecule has 1 heterocycles. The Labute approximate surface area is 99.3 Å². The van der Waals surface area contributed by atoms with Gasteiger partial charge in [-0.25, -0.2) is 13.6 Å². The van der Waals surface area contributed by atoms with Gasteiger partial charge in [0.05, 0.1) is 12.9 Å². The summed E-state index contributed by atoms with van der Waals surface area (Å²) in [4.78, 5) is 0. The number of hydrogen-bond donors (Lipinski definition) is 1. The van der Waals surface area contributed by atoms with Crippen molar-refractivity contribution < 1.29 is 22.6 Å². The molecule has 0 aliphatic carbocycles. The van der Waals surface area contributed by atoms with Crippen molar-refractivity contribution in [2.24, 2.45) is 5.14 Å². The maximum atomic E-state index is 11.0. The summed E-state index contributed by atoms with van der Waals surface area (Å²) in [5.74, 6) is 1.16. The number of fused-ring (bicyclic) bond motifs is 1. The van der Waals surface area contributed by atoms with Crippen LogP contribution in [0.3, 0.4) is 0 Å². The molecule has 2 N–H and O–H groups in total. The van der Waals surface area contributed by atoms with Crippen LogP contribution in [0.2, 0.25) is 0 Å². The molecule has 0 saturated heterocycles. The average Bonchev–Trinajstić information content (AvgIpc) is 2.25. The lowest BCUT2D eigenvalue weighted by molar-refractivity contribution is 0.165. The van der Waals surface area contributed by atoms with Crippen LogP contribution in [-0.2, 0) is 15.8 Å². The molecule has 0 spiro atoms. The van der Waals surface area contributed by atoms with Crippen LogP contribution in [0.4, 0.5) is 0 Å². The van der Waals surface area contributed by atoms with Crippen LogP contribution < -0.4 is 19.3 Å². The van der Waals surface area contributed by atoms with Crippen molar-refractivity contribution >= 4 is 10.0 Å². The summed E-state index contributed by atoms with van der Waals surface area (Å²) in [5.41, 5.74) is 0.508. The summed E-state index contributed by atoms with van der Waals surface area (Å²) < 4.78 is 38.0. The van der Waals surface area contributed by atoms with E-state index in [1.807, 2.05) is 0 Å². The molecule has 0 saturated carbocycles. The summed E-state index contributed by atoms with van der Waals surface area (Å²) in [7, 11) is -2.10. The molecule has 0 aromatic heterocycles. The van der Waals surface area contributed by atoms with E-state index in [4.69, 9.17) is 19.3 Å². The first-order chi connectivity index (χ1) is 7.99. The topological polar surface area (TPSA) is 87.9 Å². The molecule has 1 aliphatic rings. The van der Waals surface area contributed by atoms with E-state index in [2.05, 4.69) is 0 Å². The molecular weight excluding hydrogens is 246 g/mol. The van der Waals surface area contributed by atoms with Crippen molar-refractivity contribution in [2.45, 2.75) is 5.75 Å². The molecule has 7 heteroatoms. The zero-order valence-corrected chi connectivity index (χ0v) is 10.1. The molecule has 17 heavy (non-hydrogen) atoms. The number of sulfonamides is 1. The highest BCUT2D eigenvalue weighted by atomic mass is 32.2. The van der Waals surface area contributed by atoms with Crippen molar-refractivity contribution in [1.29, 1.82) is 0 Å². The Morgan fingerprint density at radius 1 is 1.35 bits per heavy atom. The van der Waals surface area contributed by atoms with Gasteiger partial charge in [-0.1, -0.05) is 0 Å². The zero-order valence-electron chi connectivity index (χ0n) is 9.30. The Morgan fingerprint density at radius 3 is 2.71 bits per heavy atom. The number of benzene rings is 1. The van der Waals surface area contributed by atoms with Crippen molar-refractivity contribution in [2.75, 3.05) is 20.3 Å². The minimum Gasteiger partial charge on any atom is -0.493 e. The molecule has 0 bridgehead atoms. The number of hydrogen-bond acceptors (Lipinski definition) is 5. The molecule has 1 aromatic rings. The van der Waals surface area contributed by atoms with E-state index in [1.54, 1.807) is 12.1 Å². The first-order valence-corrected chi connectivity index (χ1v) is 6.68. The maximum absolute atomic E-state index is 11.0. The number of primary sulfonamides is 1. The lowest BCUT2D eigenvalue weighted by Crippen LogP contribution is -2.18. The second-order valence-corrected chi connectivity index (χ2v) is 5.24. The quantitative estimate of drug-likeness (QED) is 0.841. The summed E-state index contributed by atoms with van der Waals surface area (Å²) in [6, 6.07) is 3.18. The van der Waals surface area contributed by atoms with Crippen molar-refractivity contribution in [3.8, 4) is 17.2 Å². The van der Waals surface area contributed by atoms with Gasteiger partial charge in [0.15, 0.2) is 11.5 Å². The van der Waals surface area contributed by atoms with Gasteiger partial charge in [-0.05, 0) is 17.7 Å². The molecule has 0 atom stereocenters. The largest absolute Gasteiger partial charge is 0.493 e. The van der Waals surface area contributed by atoms with Crippen molar-refractivity contribution in [3.05, 3.63) is 17.7 Å². The normalized spacial score (nSPS) is 14.5. The van der Waals surface area contributed by atoms with Crippen LogP contribution in [0.5, 0.6) is 17.2 Å². The van der Waals surface area contributed by atoms with Crippen LogP contribution in [-0.4, -0.2) is 28.7 Å². The summed E-state index contributed by atoms with van der Waals surface area (Å²) in [5, 5.41) is 4.99. The maximum Gasteiger partial charge on any atom is 0.213 e. The van der Waals surface area contributed by atoms with Crippen LogP contribution in [0.1, 0.15) is 5.56 Å². The average molecular weight is 259 g/mol. The van der Waals surface area contributed by atoms with Gasteiger partial charge in [0.25, 0.3) is 0 Å². The van der Waals surface area contributed by atoms with Crippen molar-refractivity contribution in [1.82, 2.24) is 0 Å². The van der Waals surface area contributed by atoms with Gasteiger partial charge < -0.3 is 14.2 Å². The second-order valence-electron chi connectivity index (χ2n) is 3.63. The monoisotopic (exact) mass is 259 g/mol. The van der Waals surface area contributed by atoms with Crippen LogP contribution in [0.25, 0.3) is 0 Å². The van der Waals surface area contributed by atoms with Crippen molar-refractivity contribution in [3.63, 3.8) is 0 Å². The zero-order chi connectivity index (χ0) is 12.5. The summed E-state index contributed by atoms with van der Waals surface area (Å²) in [6.07, 6.45) is 0. The van der Waals surface area contributed by atoms with E-state index in [1.165, 1.54) is 7.11 Å². The fourth-order valence-electron chi connectivity index (χ4n) is 1.64. The third-order valence-corrected chi connectivity index (χ3v) is 2.99. The number of rotatable bonds is 3. The first-order valence-electron chi connectivity index (χ1n) is 4.96. The smallest absolute Gasteiger partial charge is 0.213 e. The standard InChI is InChI=1S/C10H13NO5S/c1-14-8-4-7(6-17(11,12)13)5-9-10(8)16-3-2-15-9/h4-5H,2-3,6H2,1H3,(H2,11,12,13). The van der Waals surface area contributed by atoms with Crippen LogP contribution >= 0.6 is 0 Å². The number of nitrogens with two attached hydrogens (primary N) is 1. The summed E-state index contributed by atoms with van der Waals surface area (Å²) >= 11 is 0. The Hall–Kier alpha value is -1.47. The number of ether oxygens (including phenoxy) is 3. The predicted molar refractivity (Wildman–Crippen MR) is 60.8 cm³/mol. The third kappa shape index (κ3) is 2.80. The third-order valence-electron chi connectivity index (χ3n) is 2.26. The lowest BCUT2D eigenvalue weighted by Gasteiger charge is -2.21. The van der Waals surface area contributed by atoms with Gasteiger partial charge in [0, 0.05) is 0 Å². The van der Waals surface area contributed by atoms with E-state index in [0.717, 1.165) is 0 Å². The fraction of sp³-hybridized carbons (Fsp3) is 0.400. The second kappa shape index (κ2) is 4.42. The van der Waals surface area contributed by atoms with Gasteiger partial charge in [-0.3, -0.25) is 0 Å². The van der Waals surface area contributed by atoms with Crippen LogP contribution in [0, 0.1) is 0 Å². The molecule has 0 fully saturated rings. The predicted octanol–water partition coefficient (Wildman–Crippen LogP) is 0.255. The Morgan fingerprint density at radius 2 is 2.06 bits per heavy atom.